The highest BCUT2D eigenvalue weighted by Crippen LogP contribution is 2.43. The van der Waals surface area contributed by atoms with Gasteiger partial charge in [0.25, 0.3) is 0 Å². The lowest BCUT2D eigenvalue weighted by Gasteiger charge is -2.50. The molecule has 34 heavy (non-hydrogen) atoms. The van der Waals surface area contributed by atoms with Crippen molar-refractivity contribution < 1.29 is 27.8 Å². The number of thiophene rings is 1. The van der Waals surface area contributed by atoms with Gasteiger partial charge in [0.2, 0.25) is 0 Å². The summed E-state index contributed by atoms with van der Waals surface area (Å²) in [6.45, 7) is 7.78. The second-order valence-corrected chi connectivity index (χ2v) is 10.4. The summed E-state index contributed by atoms with van der Waals surface area (Å²) < 4.78 is 37.3. The molecule has 186 valence electrons. The lowest BCUT2D eigenvalue weighted by atomic mass is 9.68. The van der Waals surface area contributed by atoms with Gasteiger partial charge in [-0.15, -0.1) is 11.3 Å². The van der Waals surface area contributed by atoms with E-state index >= 15 is 0 Å². The van der Waals surface area contributed by atoms with Gasteiger partial charge in [-0.1, -0.05) is 30.3 Å². The van der Waals surface area contributed by atoms with Gasteiger partial charge >= 0.3 is 12.1 Å². The summed E-state index contributed by atoms with van der Waals surface area (Å²) in [7, 11) is 0. The van der Waals surface area contributed by atoms with Crippen molar-refractivity contribution in [2.45, 2.75) is 56.4 Å². The zero-order valence-electron chi connectivity index (χ0n) is 19.1. The summed E-state index contributed by atoms with van der Waals surface area (Å²) in [5.74, 6) is -2.76. The van der Waals surface area contributed by atoms with Gasteiger partial charge in [0.15, 0.2) is 0 Å². The number of alkyl halides is 3. The maximum Gasteiger partial charge on any atom is 0.490 e. The topological polar surface area (TPSA) is 53.0 Å². The highest BCUT2D eigenvalue weighted by atomic mass is 32.1. The number of carboxylic acids is 1. The predicted molar refractivity (Wildman–Crippen MR) is 125 cm³/mol. The van der Waals surface area contributed by atoms with Crippen molar-refractivity contribution in [1.82, 2.24) is 9.80 Å². The molecule has 2 aromatic rings. The Morgan fingerprint density at radius 3 is 2.41 bits per heavy atom. The van der Waals surface area contributed by atoms with Crippen LogP contribution >= 0.6 is 11.3 Å². The molecule has 0 unspecified atom stereocenters. The van der Waals surface area contributed by atoms with Gasteiger partial charge in [0, 0.05) is 49.2 Å². The first kappa shape index (κ1) is 25.2. The van der Waals surface area contributed by atoms with E-state index in [1.54, 1.807) is 11.1 Å². The Bertz CT molecular complexity index is 937. The van der Waals surface area contributed by atoms with Crippen LogP contribution in [0.15, 0.2) is 41.8 Å². The van der Waals surface area contributed by atoms with Gasteiger partial charge in [0.05, 0.1) is 0 Å². The molecule has 0 radical (unpaired) electrons. The number of carbonyl (C=O) groups is 1. The first-order chi connectivity index (χ1) is 16.3. The maximum atomic E-state index is 10.6. The normalized spacial score (nSPS) is 21.5. The fourth-order valence-corrected chi connectivity index (χ4v) is 6.26. The number of benzene rings is 1. The molecule has 5 rings (SSSR count). The number of piperidine rings is 1. The molecular weight excluding hydrogens is 465 g/mol. The van der Waals surface area contributed by atoms with Crippen LogP contribution in [-0.2, 0) is 28.0 Å². The minimum atomic E-state index is -5.08. The first-order valence-electron chi connectivity index (χ1n) is 11.7. The average Bonchev–Trinajstić information content (AvgIpc) is 3.33. The molecule has 2 fully saturated rings. The third-order valence-corrected chi connectivity index (χ3v) is 8.03. The fraction of sp³-hybridized carbons (Fsp3) is 0.560. The fourth-order valence-electron chi connectivity index (χ4n) is 5.52. The number of halogens is 3. The van der Waals surface area contributed by atoms with Crippen molar-refractivity contribution in [3.8, 4) is 0 Å². The van der Waals surface area contributed by atoms with Crippen LogP contribution < -0.4 is 0 Å². The molecule has 1 aromatic carbocycles. The number of aliphatic carboxylic acids is 1. The van der Waals surface area contributed by atoms with Crippen LogP contribution in [0.2, 0.25) is 0 Å². The van der Waals surface area contributed by atoms with Crippen molar-refractivity contribution in [3.63, 3.8) is 0 Å². The standard InChI is InChI=1S/C23H30N2OS.C2HF3O2/c1-2-6-22-19(4-1)16-24(17-21-5-3-15-27-21)18-23(22)9-11-25(12-10-23)20-7-13-26-14-8-20;3-2(4,5)1(6)7/h1-6,15,20H,7-14,16-18H2;(H,6,7). The van der Waals surface area contributed by atoms with Crippen LogP contribution in [-0.4, -0.2) is 65.9 Å². The predicted octanol–water partition coefficient (Wildman–Crippen LogP) is 4.91. The van der Waals surface area contributed by atoms with E-state index in [1.807, 2.05) is 11.3 Å². The molecule has 0 bridgehead atoms. The number of carboxylic acid groups (broad SMARTS) is 1. The van der Waals surface area contributed by atoms with Gasteiger partial charge in [-0.05, 0) is 61.3 Å². The minimum absolute atomic E-state index is 0.341. The minimum Gasteiger partial charge on any atom is -0.475 e. The molecule has 5 nitrogen and oxygen atoms in total. The monoisotopic (exact) mass is 496 g/mol. The molecule has 1 spiro atoms. The molecule has 1 aromatic heterocycles. The SMILES string of the molecule is O=C(O)C(F)(F)F.c1csc(CN2Cc3ccccc3C3(CCN(C4CCOCC4)CC3)C2)c1. The zero-order chi connectivity index (χ0) is 24.2. The van der Waals surface area contributed by atoms with Crippen LogP contribution in [0.3, 0.4) is 0 Å². The Morgan fingerprint density at radius 2 is 1.79 bits per heavy atom. The van der Waals surface area contributed by atoms with Crippen LogP contribution in [0.5, 0.6) is 0 Å². The molecule has 2 saturated heterocycles. The largest absolute Gasteiger partial charge is 0.490 e. The number of nitrogens with zero attached hydrogens (tertiary/aromatic N) is 2. The van der Waals surface area contributed by atoms with E-state index in [0.29, 0.717) is 5.41 Å². The molecule has 0 atom stereocenters. The van der Waals surface area contributed by atoms with E-state index in [0.717, 1.165) is 32.3 Å². The Labute approximate surface area is 202 Å². The quantitative estimate of drug-likeness (QED) is 0.655. The smallest absolute Gasteiger partial charge is 0.475 e. The van der Waals surface area contributed by atoms with E-state index in [-0.39, 0.29) is 0 Å². The van der Waals surface area contributed by atoms with Crippen LogP contribution in [0.4, 0.5) is 13.2 Å². The lowest BCUT2D eigenvalue weighted by Crippen LogP contribution is -2.54. The maximum absolute atomic E-state index is 10.6. The van der Waals surface area contributed by atoms with Crippen molar-refractivity contribution in [2.24, 2.45) is 0 Å². The summed E-state index contributed by atoms with van der Waals surface area (Å²) in [5.41, 5.74) is 3.53. The lowest BCUT2D eigenvalue weighted by molar-refractivity contribution is -0.192. The summed E-state index contributed by atoms with van der Waals surface area (Å²) in [6, 6.07) is 14.5. The summed E-state index contributed by atoms with van der Waals surface area (Å²) >= 11 is 1.89. The van der Waals surface area contributed by atoms with E-state index in [9.17, 15) is 13.2 Å². The third kappa shape index (κ3) is 6.00. The van der Waals surface area contributed by atoms with Gasteiger partial charge < -0.3 is 14.7 Å². The molecule has 9 heteroatoms. The van der Waals surface area contributed by atoms with Crippen LogP contribution in [0, 0.1) is 0 Å². The highest BCUT2D eigenvalue weighted by molar-refractivity contribution is 7.09. The van der Waals surface area contributed by atoms with E-state index in [2.05, 4.69) is 51.6 Å². The zero-order valence-corrected chi connectivity index (χ0v) is 19.9. The summed E-state index contributed by atoms with van der Waals surface area (Å²) in [4.78, 5) is 15.8. The van der Waals surface area contributed by atoms with Crippen molar-refractivity contribution in [2.75, 3.05) is 32.8 Å². The molecular formula is C25H31F3N2O3S. The molecule has 0 amide bonds. The number of rotatable bonds is 3. The summed E-state index contributed by atoms with van der Waals surface area (Å²) in [5, 5.41) is 9.33. The Hall–Kier alpha value is -1.94. The van der Waals surface area contributed by atoms with E-state index in [1.165, 1.54) is 50.2 Å². The first-order valence-corrected chi connectivity index (χ1v) is 12.6. The molecule has 4 heterocycles. The van der Waals surface area contributed by atoms with Crippen LogP contribution in [0.25, 0.3) is 0 Å². The van der Waals surface area contributed by atoms with Crippen molar-refractivity contribution in [3.05, 3.63) is 57.8 Å². The van der Waals surface area contributed by atoms with E-state index < -0.39 is 12.1 Å². The average molecular weight is 497 g/mol. The Balaban J connectivity index is 0.000000344. The molecule has 0 aliphatic carbocycles. The number of ether oxygens (including phenoxy) is 1. The number of hydrogen-bond donors (Lipinski definition) is 1. The number of hydrogen-bond acceptors (Lipinski definition) is 5. The number of fused-ring (bicyclic) bond motifs is 2. The molecule has 0 saturated carbocycles. The Kier molecular flexibility index (Phi) is 7.97. The second kappa shape index (κ2) is 10.8. The highest BCUT2D eigenvalue weighted by Gasteiger charge is 2.43. The Morgan fingerprint density at radius 1 is 1.12 bits per heavy atom. The number of likely N-dealkylation sites (tertiary alicyclic amines) is 1. The van der Waals surface area contributed by atoms with Gasteiger partial charge in [-0.2, -0.15) is 13.2 Å². The van der Waals surface area contributed by atoms with Gasteiger partial charge in [0.1, 0.15) is 0 Å². The summed E-state index contributed by atoms with van der Waals surface area (Å²) in [6.07, 6.45) is -0.0627. The van der Waals surface area contributed by atoms with Crippen molar-refractivity contribution >= 4 is 17.3 Å². The molecule has 3 aliphatic heterocycles. The van der Waals surface area contributed by atoms with Gasteiger partial charge in [-0.25, -0.2) is 4.79 Å². The second-order valence-electron chi connectivity index (χ2n) is 9.34. The molecule has 3 aliphatic rings. The van der Waals surface area contributed by atoms with E-state index in [4.69, 9.17) is 14.6 Å². The third-order valence-electron chi connectivity index (χ3n) is 7.17. The van der Waals surface area contributed by atoms with Gasteiger partial charge in [-0.3, -0.25) is 4.90 Å². The van der Waals surface area contributed by atoms with Crippen LogP contribution in [0.1, 0.15) is 41.7 Å². The molecule has 1 N–H and O–H groups in total. The van der Waals surface area contributed by atoms with Crippen molar-refractivity contribution in [1.29, 1.82) is 0 Å².